The van der Waals surface area contributed by atoms with Gasteiger partial charge in [-0.1, -0.05) is 12.1 Å². The van der Waals surface area contributed by atoms with Crippen molar-refractivity contribution in [1.82, 2.24) is 9.97 Å². The third-order valence-electron chi connectivity index (χ3n) is 2.56. The summed E-state index contributed by atoms with van der Waals surface area (Å²) in [4.78, 5) is 8.72. The SMILES string of the molecule is CNc1cccc(NCc2ncccc2C)n1. The van der Waals surface area contributed by atoms with Crippen LogP contribution in [-0.2, 0) is 6.54 Å². The van der Waals surface area contributed by atoms with Crippen molar-refractivity contribution < 1.29 is 0 Å². The van der Waals surface area contributed by atoms with Crippen molar-refractivity contribution in [3.8, 4) is 0 Å². The van der Waals surface area contributed by atoms with Gasteiger partial charge < -0.3 is 10.6 Å². The predicted molar refractivity (Wildman–Crippen MR) is 70.1 cm³/mol. The molecule has 88 valence electrons. The van der Waals surface area contributed by atoms with Crippen molar-refractivity contribution in [1.29, 1.82) is 0 Å². The Morgan fingerprint density at radius 2 is 1.94 bits per heavy atom. The molecule has 0 unspecified atom stereocenters. The standard InChI is InChI=1S/C13H16N4/c1-10-5-4-8-15-11(10)9-16-13-7-3-6-12(14-2)17-13/h3-8H,9H2,1-2H3,(H2,14,16,17). The highest BCUT2D eigenvalue weighted by atomic mass is 15.1. The largest absolute Gasteiger partial charge is 0.373 e. The predicted octanol–water partition coefficient (Wildman–Crippen LogP) is 2.44. The second-order valence-corrected chi connectivity index (χ2v) is 3.78. The van der Waals surface area contributed by atoms with Crippen molar-refractivity contribution in [2.45, 2.75) is 13.5 Å². The van der Waals surface area contributed by atoms with Gasteiger partial charge in [-0.3, -0.25) is 4.98 Å². The molecule has 2 rings (SSSR count). The fourth-order valence-electron chi connectivity index (χ4n) is 1.55. The summed E-state index contributed by atoms with van der Waals surface area (Å²) in [5.41, 5.74) is 2.23. The Balaban J connectivity index is 2.05. The van der Waals surface area contributed by atoms with Gasteiger partial charge in [-0.25, -0.2) is 4.98 Å². The van der Waals surface area contributed by atoms with Crippen LogP contribution < -0.4 is 10.6 Å². The minimum absolute atomic E-state index is 0.687. The summed E-state index contributed by atoms with van der Waals surface area (Å²) < 4.78 is 0. The summed E-state index contributed by atoms with van der Waals surface area (Å²) >= 11 is 0. The van der Waals surface area contributed by atoms with Crippen LogP contribution in [0.15, 0.2) is 36.5 Å². The van der Waals surface area contributed by atoms with Gasteiger partial charge in [0.25, 0.3) is 0 Å². The van der Waals surface area contributed by atoms with Gasteiger partial charge in [-0.15, -0.1) is 0 Å². The number of aryl methyl sites for hydroxylation is 1. The highest BCUT2D eigenvalue weighted by Crippen LogP contribution is 2.10. The molecule has 0 saturated heterocycles. The van der Waals surface area contributed by atoms with Crippen molar-refractivity contribution in [3.63, 3.8) is 0 Å². The minimum atomic E-state index is 0.687. The molecule has 0 saturated carbocycles. The lowest BCUT2D eigenvalue weighted by Gasteiger charge is -2.08. The van der Waals surface area contributed by atoms with Gasteiger partial charge in [0.1, 0.15) is 11.6 Å². The second kappa shape index (κ2) is 5.30. The molecule has 0 bridgehead atoms. The van der Waals surface area contributed by atoms with Gasteiger partial charge in [-0.05, 0) is 30.7 Å². The van der Waals surface area contributed by atoms with Crippen molar-refractivity contribution in [2.24, 2.45) is 0 Å². The van der Waals surface area contributed by atoms with Crippen LogP contribution in [0.25, 0.3) is 0 Å². The summed E-state index contributed by atoms with van der Waals surface area (Å²) in [6.45, 7) is 2.74. The maximum atomic E-state index is 4.39. The van der Waals surface area contributed by atoms with Crippen molar-refractivity contribution in [3.05, 3.63) is 47.8 Å². The van der Waals surface area contributed by atoms with Gasteiger partial charge in [0.15, 0.2) is 0 Å². The highest BCUT2D eigenvalue weighted by molar-refractivity contribution is 5.45. The molecule has 2 N–H and O–H groups in total. The number of nitrogens with one attached hydrogen (secondary N) is 2. The zero-order valence-electron chi connectivity index (χ0n) is 10.1. The van der Waals surface area contributed by atoms with Crippen LogP contribution in [0.1, 0.15) is 11.3 Å². The van der Waals surface area contributed by atoms with E-state index in [-0.39, 0.29) is 0 Å². The fraction of sp³-hybridized carbons (Fsp3) is 0.231. The first-order valence-electron chi connectivity index (χ1n) is 5.59. The normalized spacial score (nSPS) is 10.0. The van der Waals surface area contributed by atoms with Crippen LogP contribution in [0.3, 0.4) is 0 Å². The first-order chi connectivity index (χ1) is 8.29. The number of hydrogen-bond donors (Lipinski definition) is 2. The average molecular weight is 228 g/mol. The van der Waals surface area contributed by atoms with E-state index >= 15 is 0 Å². The van der Waals surface area contributed by atoms with E-state index in [0.29, 0.717) is 6.54 Å². The Kier molecular flexibility index (Phi) is 3.55. The number of anilines is 2. The highest BCUT2D eigenvalue weighted by Gasteiger charge is 2.00. The first-order valence-corrected chi connectivity index (χ1v) is 5.59. The molecule has 4 nitrogen and oxygen atoms in total. The summed E-state index contributed by atoms with van der Waals surface area (Å²) in [7, 11) is 1.86. The molecule has 0 aromatic carbocycles. The fourth-order valence-corrected chi connectivity index (χ4v) is 1.55. The lowest BCUT2D eigenvalue weighted by Crippen LogP contribution is -2.05. The summed E-state index contributed by atoms with van der Waals surface area (Å²) in [5, 5.41) is 6.27. The second-order valence-electron chi connectivity index (χ2n) is 3.78. The maximum Gasteiger partial charge on any atom is 0.128 e. The van der Waals surface area contributed by atoms with Crippen LogP contribution in [0.2, 0.25) is 0 Å². The summed E-state index contributed by atoms with van der Waals surface area (Å²) in [5.74, 6) is 1.70. The lowest BCUT2D eigenvalue weighted by atomic mass is 10.2. The average Bonchev–Trinajstić information content (AvgIpc) is 2.38. The van der Waals surface area contributed by atoms with Crippen molar-refractivity contribution in [2.75, 3.05) is 17.7 Å². The molecule has 0 fully saturated rings. The van der Waals surface area contributed by atoms with Crippen LogP contribution >= 0.6 is 0 Å². The maximum absolute atomic E-state index is 4.39. The quantitative estimate of drug-likeness (QED) is 0.844. The van der Waals surface area contributed by atoms with Crippen LogP contribution in [0.5, 0.6) is 0 Å². The van der Waals surface area contributed by atoms with Gasteiger partial charge in [-0.2, -0.15) is 0 Å². The number of nitrogens with zero attached hydrogens (tertiary/aromatic N) is 2. The van der Waals surface area contributed by atoms with E-state index in [1.165, 1.54) is 5.56 Å². The minimum Gasteiger partial charge on any atom is -0.373 e. The molecule has 0 radical (unpaired) electrons. The number of pyridine rings is 2. The van der Waals surface area contributed by atoms with Gasteiger partial charge in [0, 0.05) is 13.2 Å². The Bertz CT molecular complexity index is 496. The van der Waals surface area contributed by atoms with E-state index in [2.05, 4.69) is 33.6 Å². The molecule has 2 aromatic heterocycles. The number of aromatic nitrogens is 2. The first kappa shape index (κ1) is 11.4. The van der Waals surface area contributed by atoms with E-state index in [1.807, 2.05) is 37.5 Å². The Morgan fingerprint density at radius 1 is 1.12 bits per heavy atom. The summed E-state index contributed by atoms with van der Waals surface area (Å²) in [6.07, 6.45) is 1.81. The Labute approximate surface area is 101 Å². The monoisotopic (exact) mass is 228 g/mol. The lowest BCUT2D eigenvalue weighted by molar-refractivity contribution is 1.01. The Hall–Kier alpha value is -2.10. The van der Waals surface area contributed by atoms with Crippen LogP contribution in [0, 0.1) is 6.92 Å². The molecule has 2 heterocycles. The topological polar surface area (TPSA) is 49.8 Å². The van der Waals surface area contributed by atoms with Crippen LogP contribution in [-0.4, -0.2) is 17.0 Å². The molecule has 0 aliphatic carbocycles. The molecule has 0 aliphatic rings. The van der Waals surface area contributed by atoms with Gasteiger partial charge in [0.05, 0.1) is 12.2 Å². The van der Waals surface area contributed by atoms with Crippen LogP contribution in [0.4, 0.5) is 11.6 Å². The van der Waals surface area contributed by atoms with Gasteiger partial charge in [0.2, 0.25) is 0 Å². The van der Waals surface area contributed by atoms with E-state index in [0.717, 1.165) is 17.3 Å². The third kappa shape index (κ3) is 2.93. The molecule has 2 aromatic rings. The van der Waals surface area contributed by atoms with E-state index < -0.39 is 0 Å². The van der Waals surface area contributed by atoms with E-state index in [9.17, 15) is 0 Å². The van der Waals surface area contributed by atoms with E-state index in [1.54, 1.807) is 0 Å². The molecule has 4 heteroatoms. The molecular formula is C13H16N4. The smallest absolute Gasteiger partial charge is 0.128 e. The number of hydrogen-bond acceptors (Lipinski definition) is 4. The molecule has 0 spiro atoms. The van der Waals surface area contributed by atoms with E-state index in [4.69, 9.17) is 0 Å². The Morgan fingerprint density at radius 3 is 2.71 bits per heavy atom. The number of rotatable bonds is 4. The zero-order valence-corrected chi connectivity index (χ0v) is 10.1. The molecule has 0 aliphatic heterocycles. The molecule has 0 atom stereocenters. The molecule has 0 amide bonds. The zero-order chi connectivity index (χ0) is 12.1. The van der Waals surface area contributed by atoms with Gasteiger partial charge >= 0.3 is 0 Å². The molecular weight excluding hydrogens is 212 g/mol. The van der Waals surface area contributed by atoms with Crippen molar-refractivity contribution >= 4 is 11.6 Å². The summed E-state index contributed by atoms with van der Waals surface area (Å²) in [6, 6.07) is 9.84. The molecule has 17 heavy (non-hydrogen) atoms. The third-order valence-corrected chi connectivity index (χ3v) is 2.56.